The predicted molar refractivity (Wildman–Crippen MR) is 73.3 cm³/mol. The molecule has 0 aromatic heterocycles. The van der Waals surface area contributed by atoms with Crippen molar-refractivity contribution in [3.05, 3.63) is 42.2 Å². The summed E-state index contributed by atoms with van der Waals surface area (Å²) in [5, 5.41) is 0. The SMILES string of the molecule is CCN1C=CN(C)C1.Cc1ccc(S(=O)(=O)[O-])cc1. The van der Waals surface area contributed by atoms with Crippen LogP contribution in [-0.4, -0.2) is 43.0 Å². The summed E-state index contributed by atoms with van der Waals surface area (Å²) in [4.78, 5) is 4.23. The molecule has 0 saturated carbocycles. The Bertz CT molecular complexity index is 523. The van der Waals surface area contributed by atoms with Crippen LogP contribution in [-0.2, 0) is 10.1 Å². The minimum absolute atomic E-state index is 0.178. The van der Waals surface area contributed by atoms with Gasteiger partial charge in [0.05, 0.1) is 11.6 Å². The Labute approximate surface area is 114 Å². The number of hydrogen-bond donors (Lipinski definition) is 0. The van der Waals surface area contributed by atoms with E-state index in [-0.39, 0.29) is 4.90 Å². The van der Waals surface area contributed by atoms with Gasteiger partial charge in [-0.25, -0.2) is 8.42 Å². The van der Waals surface area contributed by atoms with E-state index in [2.05, 4.69) is 36.2 Å². The Morgan fingerprint density at radius 2 is 1.79 bits per heavy atom. The maximum Gasteiger partial charge on any atom is 0.124 e. The second-order valence-electron chi connectivity index (χ2n) is 4.37. The van der Waals surface area contributed by atoms with E-state index in [0.29, 0.717) is 0 Å². The molecule has 0 bridgehead atoms. The normalized spacial score (nSPS) is 14.3. The van der Waals surface area contributed by atoms with Gasteiger partial charge < -0.3 is 14.4 Å². The van der Waals surface area contributed by atoms with Crippen LogP contribution in [0.3, 0.4) is 0 Å². The Hall–Kier alpha value is -1.53. The zero-order valence-corrected chi connectivity index (χ0v) is 12.2. The van der Waals surface area contributed by atoms with Crippen molar-refractivity contribution < 1.29 is 13.0 Å². The molecule has 2 rings (SSSR count). The van der Waals surface area contributed by atoms with Crippen LogP contribution in [0.2, 0.25) is 0 Å². The van der Waals surface area contributed by atoms with Gasteiger partial charge >= 0.3 is 0 Å². The van der Waals surface area contributed by atoms with Gasteiger partial charge in [0.25, 0.3) is 0 Å². The lowest BCUT2D eigenvalue weighted by Crippen LogP contribution is -2.21. The zero-order chi connectivity index (χ0) is 14.5. The molecular weight excluding hydrogens is 264 g/mol. The first-order valence-electron chi connectivity index (χ1n) is 5.98. The summed E-state index contributed by atoms with van der Waals surface area (Å²) >= 11 is 0. The Kier molecular flexibility index (Phi) is 5.38. The van der Waals surface area contributed by atoms with E-state index >= 15 is 0 Å². The minimum atomic E-state index is -4.27. The molecule has 1 aromatic rings. The molecule has 1 heterocycles. The van der Waals surface area contributed by atoms with Gasteiger partial charge in [-0.1, -0.05) is 17.7 Å². The highest BCUT2D eigenvalue weighted by Gasteiger charge is 2.03. The number of rotatable bonds is 2. The maximum atomic E-state index is 10.4. The van der Waals surface area contributed by atoms with Crippen molar-refractivity contribution in [3.63, 3.8) is 0 Å². The van der Waals surface area contributed by atoms with Gasteiger partial charge in [-0.2, -0.15) is 0 Å². The number of aryl methyl sites for hydroxylation is 1. The lowest BCUT2D eigenvalue weighted by molar-refractivity contribution is 0.308. The fraction of sp³-hybridized carbons (Fsp3) is 0.385. The molecule has 0 atom stereocenters. The van der Waals surface area contributed by atoms with Gasteiger partial charge in [0.2, 0.25) is 0 Å². The van der Waals surface area contributed by atoms with Crippen LogP contribution in [0.4, 0.5) is 0 Å². The molecule has 1 aliphatic rings. The molecule has 0 amide bonds. The van der Waals surface area contributed by atoms with Crippen molar-refractivity contribution in [2.24, 2.45) is 0 Å². The van der Waals surface area contributed by atoms with E-state index in [4.69, 9.17) is 0 Å². The highest BCUT2D eigenvalue weighted by atomic mass is 32.2. The molecule has 1 aliphatic heterocycles. The van der Waals surface area contributed by atoms with Gasteiger partial charge in [0, 0.05) is 26.0 Å². The molecular formula is C13H19N2O3S-. The first kappa shape index (κ1) is 15.5. The van der Waals surface area contributed by atoms with Crippen molar-refractivity contribution in [3.8, 4) is 0 Å². The van der Waals surface area contributed by atoms with Crippen LogP contribution < -0.4 is 0 Å². The monoisotopic (exact) mass is 283 g/mol. The molecule has 0 N–H and O–H groups in total. The van der Waals surface area contributed by atoms with E-state index in [9.17, 15) is 13.0 Å². The van der Waals surface area contributed by atoms with Crippen LogP contribution in [0.5, 0.6) is 0 Å². The standard InChI is InChI=1S/C7H8O3S.C6H12N2/c1-6-2-4-7(5-3-6)11(8,9)10;1-3-8-5-4-7(2)6-8/h2-5H,1H3,(H,8,9,10);4-5H,3,6H2,1-2H3/p-1. The third kappa shape index (κ3) is 5.32. The van der Waals surface area contributed by atoms with Gasteiger partial charge in [0.1, 0.15) is 10.1 Å². The van der Waals surface area contributed by atoms with Crippen LogP contribution in [0.25, 0.3) is 0 Å². The fourth-order valence-electron chi connectivity index (χ4n) is 1.50. The first-order chi connectivity index (χ1) is 8.82. The lowest BCUT2D eigenvalue weighted by Gasteiger charge is -2.14. The lowest BCUT2D eigenvalue weighted by atomic mass is 10.2. The summed E-state index contributed by atoms with van der Waals surface area (Å²) in [6.45, 7) is 6.14. The average Bonchev–Trinajstić information content (AvgIpc) is 2.75. The molecule has 0 aliphatic carbocycles. The topological polar surface area (TPSA) is 63.7 Å². The van der Waals surface area contributed by atoms with Crippen molar-refractivity contribution in [1.29, 1.82) is 0 Å². The number of hydrogen-bond acceptors (Lipinski definition) is 5. The fourth-order valence-corrected chi connectivity index (χ4v) is 1.97. The zero-order valence-electron chi connectivity index (χ0n) is 11.4. The molecule has 0 radical (unpaired) electrons. The Morgan fingerprint density at radius 1 is 1.21 bits per heavy atom. The Morgan fingerprint density at radius 3 is 2.11 bits per heavy atom. The minimum Gasteiger partial charge on any atom is -0.744 e. The molecule has 5 nitrogen and oxygen atoms in total. The summed E-state index contributed by atoms with van der Waals surface area (Å²) in [6, 6.07) is 5.78. The highest BCUT2D eigenvalue weighted by Crippen LogP contribution is 2.08. The molecule has 0 spiro atoms. The summed E-state index contributed by atoms with van der Waals surface area (Å²) in [5.74, 6) is 0. The molecule has 0 fully saturated rings. The largest absolute Gasteiger partial charge is 0.744 e. The summed E-state index contributed by atoms with van der Waals surface area (Å²) < 4.78 is 31.2. The average molecular weight is 283 g/mol. The Balaban J connectivity index is 0.000000200. The quantitative estimate of drug-likeness (QED) is 0.771. The molecule has 106 valence electrons. The van der Waals surface area contributed by atoms with E-state index in [1.165, 1.54) is 12.1 Å². The van der Waals surface area contributed by atoms with Crippen LogP contribution >= 0.6 is 0 Å². The summed E-state index contributed by atoms with van der Waals surface area (Å²) in [6.07, 6.45) is 4.20. The van der Waals surface area contributed by atoms with Gasteiger partial charge in [-0.15, -0.1) is 0 Å². The number of nitrogens with zero attached hydrogens (tertiary/aromatic N) is 2. The van der Waals surface area contributed by atoms with E-state index in [1.807, 2.05) is 6.92 Å². The first-order valence-corrected chi connectivity index (χ1v) is 7.39. The third-order valence-electron chi connectivity index (χ3n) is 2.65. The van der Waals surface area contributed by atoms with Crippen molar-refractivity contribution in [2.75, 3.05) is 20.3 Å². The predicted octanol–water partition coefficient (Wildman–Crippen LogP) is 1.58. The van der Waals surface area contributed by atoms with Crippen molar-refractivity contribution >= 4 is 10.1 Å². The number of benzene rings is 1. The van der Waals surface area contributed by atoms with E-state index in [0.717, 1.165) is 18.8 Å². The third-order valence-corrected chi connectivity index (χ3v) is 3.50. The summed E-state index contributed by atoms with van der Waals surface area (Å²) in [5.41, 5.74) is 0.928. The highest BCUT2D eigenvalue weighted by molar-refractivity contribution is 7.85. The van der Waals surface area contributed by atoms with E-state index < -0.39 is 10.1 Å². The van der Waals surface area contributed by atoms with Gasteiger partial charge in [-0.05, 0) is 26.0 Å². The summed E-state index contributed by atoms with van der Waals surface area (Å²) in [7, 11) is -2.19. The van der Waals surface area contributed by atoms with Gasteiger partial charge in [-0.3, -0.25) is 0 Å². The molecule has 6 heteroatoms. The van der Waals surface area contributed by atoms with Crippen molar-refractivity contribution in [1.82, 2.24) is 9.80 Å². The van der Waals surface area contributed by atoms with Crippen molar-refractivity contribution in [2.45, 2.75) is 18.7 Å². The smallest absolute Gasteiger partial charge is 0.124 e. The van der Waals surface area contributed by atoms with Gasteiger partial charge in [0.15, 0.2) is 0 Å². The van der Waals surface area contributed by atoms with E-state index in [1.54, 1.807) is 12.1 Å². The maximum absolute atomic E-state index is 10.4. The second-order valence-corrected chi connectivity index (χ2v) is 5.75. The molecule has 0 saturated heterocycles. The molecule has 0 unspecified atom stereocenters. The molecule has 19 heavy (non-hydrogen) atoms. The second kappa shape index (κ2) is 6.58. The van der Waals surface area contributed by atoms with Crippen LogP contribution in [0.1, 0.15) is 12.5 Å². The van der Waals surface area contributed by atoms with Crippen LogP contribution in [0.15, 0.2) is 41.6 Å². The van der Waals surface area contributed by atoms with Crippen LogP contribution in [0, 0.1) is 6.92 Å². The molecule has 1 aromatic carbocycles.